The van der Waals surface area contributed by atoms with Crippen LogP contribution in [0.4, 0.5) is 0 Å². The van der Waals surface area contributed by atoms with E-state index in [9.17, 15) is 0 Å². The van der Waals surface area contributed by atoms with Crippen molar-refractivity contribution in [2.24, 2.45) is 5.73 Å². The third-order valence-electron chi connectivity index (χ3n) is 0.632. The van der Waals surface area contributed by atoms with E-state index < -0.39 is 0 Å². The van der Waals surface area contributed by atoms with Crippen LogP contribution in [0.25, 0.3) is 0 Å². The second-order valence-corrected chi connectivity index (χ2v) is 2.52. The molecule has 0 spiro atoms. The Kier molecular flexibility index (Phi) is 7.24. The van der Waals surface area contributed by atoms with E-state index in [2.05, 4.69) is 5.32 Å². The van der Waals surface area contributed by atoms with Gasteiger partial charge in [-0.1, -0.05) is 0 Å². The zero-order valence-corrected chi connectivity index (χ0v) is 6.40. The van der Waals surface area contributed by atoms with E-state index in [0.717, 1.165) is 6.54 Å². The molecule has 0 saturated heterocycles. The van der Waals surface area contributed by atoms with Crippen LogP contribution in [0, 0.1) is 0 Å². The number of carbonyl (C=O) groups excluding carboxylic acids is 1. The van der Waals surface area contributed by atoms with Crippen LogP contribution in [-0.4, -0.2) is 25.9 Å². The normalized spacial score (nSPS) is 9.78. The van der Waals surface area contributed by atoms with Crippen LogP contribution in [0.5, 0.6) is 0 Å². The summed E-state index contributed by atoms with van der Waals surface area (Å²) < 4.78 is 0. The molecule has 0 amide bonds. The summed E-state index contributed by atoms with van der Waals surface area (Å²) in [7, 11) is 1.90. The van der Waals surface area contributed by atoms with Crippen molar-refractivity contribution >= 4 is 6.79 Å². The highest BCUT2D eigenvalue weighted by atomic mass is 16.1. The maximum Gasteiger partial charge on any atom is 0.106 e. The van der Waals surface area contributed by atoms with Crippen LogP contribution in [0.2, 0.25) is 0 Å². The van der Waals surface area contributed by atoms with Gasteiger partial charge in [0.15, 0.2) is 0 Å². The Labute approximate surface area is 56.6 Å². The lowest BCUT2D eigenvalue weighted by molar-refractivity contribution is -0.0979. The fourth-order valence-electron chi connectivity index (χ4n) is 0.456. The Morgan fingerprint density at radius 2 is 1.89 bits per heavy atom. The van der Waals surface area contributed by atoms with Gasteiger partial charge in [0.1, 0.15) is 6.79 Å². The van der Waals surface area contributed by atoms with Crippen LogP contribution in [0.1, 0.15) is 13.8 Å². The maximum absolute atomic E-state index is 8.00. The molecule has 3 heteroatoms. The molecule has 0 rings (SSSR count). The van der Waals surface area contributed by atoms with Crippen molar-refractivity contribution in [3.05, 3.63) is 0 Å². The van der Waals surface area contributed by atoms with Gasteiger partial charge in [0.05, 0.1) is 0 Å². The van der Waals surface area contributed by atoms with E-state index >= 15 is 0 Å². The Morgan fingerprint density at radius 3 is 1.89 bits per heavy atom. The molecule has 3 nitrogen and oxygen atoms in total. The number of nitrogens with two attached hydrogens (primary N) is 1. The van der Waals surface area contributed by atoms with Gasteiger partial charge in [0.2, 0.25) is 0 Å². The van der Waals surface area contributed by atoms with E-state index in [1.165, 1.54) is 0 Å². The minimum absolute atomic E-state index is 0.0608. The van der Waals surface area contributed by atoms with Gasteiger partial charge in [-0.05, 0) is 20.9 Å². The summed E-state index contributed by atoms with van der Waals surface area (Å²) in [6.45, 7) is 6.85. The zero-order valence-electron chi connectivity index (χ0n) is 6.40. The molecule has 0 aliphatic carbocycles. The maximum atomic E-state index is 8.00. The Hall–Kier alpha value is -0.410. The molecule has 0 radical (unpaired) electrons. The molecule has 0 aromatic heterocycles. The average Bonchev–Trinajstić information content (AvgIpc) is 1.69. The van der Waals surface area contributed by atoms with Gasteiger partial charge in [0, 0.05) is 12.1 Å². The minimum Gasteiger partial charge on any atom is -0.324 e. The summed E-state index contributed by atoms with van der Waals surface area (Å²) in [4.78, 5) is 8.00. The third-order valence-corrected chi connectivity index (χ3v) is 0.632. The predicted octanol–water partition coefficient (Wildman–Crippen LogP) is -0.242. The van der Waals surface area contributed by atoms with Crippen molar-refractivity contribution in [2.75, 3.05) is 13.6 Å². The molecule has 0 unspecified atom stereocenters. The highest BCUT2D eigenvalue weighted by molar-refractivity contribution is 5.10. The molecule has 56 valence electrons. The highest BCUT2D eigenvalue weighted by Gasteiger charge is 2.06. The van der Waals surface area contributed by atoms with Crippen molar-refractivity contribution in [1.82, 2.24) is 5.32 Å². The number of nitrogens with one attached hydrogen (secondary N) is 1. The molecule has 0 heterocycles. The summed E-state index contributed by atoms with van der Waals surface area (Å²) in [5, 5.41) is 2.98. The molecule has 0 aliphatic rings. The lowest BCUT2D eigenvalue weighted by atomic mass is 10.1. The summed E-state index contributed by atoms with van der Waals surface area (Å²) >= 11 is 0. The van der Waals surface area contributed by atoms with Gasteiger partial charge in [-0.3, -0.25) is 0 Å². The van der Waals surface area contributed by atoms with Crippen LogP contribution in [-0.2, 0) is 4.79 Å². The van der Waals surface area contributed by atoms with Crippen molar-refractivity contribution in [2.45, 2.75) is 19.4 Å². The van der Waals surface area contributed by atoms with E-state index in [1.54, 1.807) is 0 Å². The molecule has 0 atom stereocenters. The largest absolute Gasteiger partial charge is 0.324 e. The SMILES string of the molecule is C=O.CNCC(C)(C)N. The molecule has 9 heavy (non-hydrogen) atoms. The monoisotopic (exact) mass is 132 g/mol. The zero-order chi connectivity index (χ0) is 7.91. The van der Waals surface area contributed by atoms with Gasteiger partial charge < -0.3 is 15.8 Å². The van der Waals surface area contributed by atoms with Gasteiger partial charge >= 0.3 is 0 Å². The number of carbonyl (C=O) groups is 1. The molecule has 0 bridgehead atoms. The molecular weight excluding hydrogens is 116 g/mol. The molecule has 0 fully saturated rings. The smallest absolute Gasteiger partial charge is 0.106 e. The minimum atomic E-state index is -0.0608. The first-order valence-electron chi connectivity index (χ1n) is 2.78. The lowest BCUT2D eigenvalue weighted by Gasteiger charge is -2.16. The van der Waals surface area contributed by atoms with E-state index in [4.69, 9.17) is 10.5 Å². The van der Waals surface area contributed by atoms with E-state index in [-0.39, 0.29) is 5.54 Å². The van der Waals surface area contributed by atoms with Gasteiger partial charge in [-0.2, -0.15) is 0 Å². The third kappa shape index (κ3) is 18.4. The first-order valence-corrected chi connectivity index (χ1v) is 2.78. The molecule has 0 aliphatic heterocycles. The number of hydrogen-bond donors (Lipinski definition) is 2. The van der Waals surface area contributed by atoms with E-state index in [0.29, 0.717) is 0 Å². The van der Waals surface area contributed by atoms with Crippen LogP contribution >= 0.6 is 0 Å². The summed E-state index contributed by atoms with van der Waals surface area (Å²) in [5.41, 5.74) is 5.52. The summed E-state index contributed by atoms with van der Waals surface area (Å²) in [6.07, 6.45) is 0. The van der Waals surface area contributed by atoms with Gasteiger partial charge in [-0.25, -0.2) is 0 Å². The van der Waals surface area contributed by atoms with Crippen LogP contribution in [0.3, 0.4) is 0 Å². The van der Waals surface area contributed by atoms with Crippen LogP contribution < -0.4 is 11.1 Å². The standard InChI is InChI=1S/C5H14N2.CH2O/c1-5(2,6)4-7-3;1-2/h7H,4,6H2,1-3H3;1H2. The quantitative estimate of drug-likeness (QED) is 0.545. The average molecular weight is 132 g/mol. The fourth-order valence-corrected chi connectivity index (χ4v) is 0.456. The van der Waals surface area contributed by atoms with Crippen molar-refractivity contribution in [1.29, 1.82) is 0 Å². The fraction of sp³-hybridized carbons (Fsp3) is 0.833. The second kappa shape index (κ2) is 5.72. The Morgan fingerprint density at radius 1 is 1.56 bits per heavy atom. The molecular formula is C6H16N2O. The van der Waals surface area contributed by atoms with Gasteiger partial charge in [-0.15, -0.1) is 0 Å². The number of rotatable bonds is 2. The predicted molar refractivity (Wildman–Crippen MR) is 39.3 cm³/mol. The summed E-state index contributed by atoms with van der Waals surface area (Å²) in [5.74, 6) is 0. The second-order valence-electron chi connectivity index (χ2n) is 2.52. The molecule has 3 N–H and O–H groups in total. The number of likely N-dealkylation sites (N-methyl/N-ethyl adjacent to an activating group) is 1. The Balaban J connectivity index is 0. The molecule has 0 aromatic carbocycles. The van der Waals surface area contributed by atoms with Crippen molar-refractivity contribution in [3.8, 4) is 0 Å². The van der Waals surface area contributed by atoms with Crippen molar-refractivity contribution in [3.63, 3.8) is 0 Å². The Bertz CT molecular complexity index is 58.6. The van der Waals surface area contributed by atoms with Crippen LogP contribution in [0.15, 0.2) is 0 Å². The summed E-state index contributed by atoms with van der Waals surface area (Å²) in [6, 6.07) is 0. The first kappa shape index (κ1) is 11.4. The number of hydrogen-bond acceptors (Lipinski definition) is 3. The first-order chi connectivity index (χ1) is 4.06. The van der Waals surface area contributed by atoms with Crippen molar-refractivity contribution < 1.29 is 4.79 Å². The molecule has 0 aromatic rings. The molecule has 0 saturated carbocycles. The van der Waals surface area contributed by atoms with E-state index in [1.807, 2.05) is 27.7 Å². The highest BCUT2D eigenvalue weighted by Crippen LogP contribution is 1.90. The lowest BCUT2D eigenvalue weighted by Crippen LogP contribution is -2.41. The topological polar surface area (TPSA) is 55.1 Å². The van der Waals surface area contributed by atoms with Gasteiger partial charge in [0.25, 0.3) is 0 Å².